The van der Waals surface area contributed by atoms with Crippen molar-refractivity contribution in [1.29, 1.82) is 0 Å². The molecule has 0 saturated heterocycles. The first-order valence-corrected chi connectivity index (χ1v) is 5.14. The van der Waals surface area contributed by atoms with E-state index in [4.69, 9.17) is 5.11 Å². The van der Waals surface area contributed by atoms with E-state index >= 15 is 0 Å². The molecule has 0 aliphatic rings. The Labute approximate surface area is 94.6 Å². The summed E-state index contributed by atoms with van der Waals surface area (Å²) in [5.74, 6) is -0.948. The predicted octanol–water partition coefficient (Wildman–Crippen LogP) is 3.03. The zero-order valence-electron chi connectivity index (χ0n) is 7.70. The van der Waals surface area contributed by atoms with Crippen LogP contribution in [0.2, 0.25) is 0 Å². The van der Waals surface area contributed by atoms with Crippen molar-refractivity contribution in [2.24, 2.45) is 0 Å². The van der Waals surface area contributed by atoms with Gasteiger partial charge in [0, 0.05) is 33.2 Å². The molecular formula is C11H8BrNO2. The second-order valence-corrected chi connectivity index (χ2v) is 3.93. The van der Waals surface area contributed by atoms with E-state index in [0.717, 1.165) is 27.0 Å². The first-order chi connectivity index (χ1) is 7.18. The summed E-state index contributed by atoms with van der Waals surface area (Å²) in [5, 5.41) is 9.54. The third kappa shape index (κ3) is 1.94. The molecule has 0 unspecified atom stereocenters. The Kier molecular flexibility index (Phi) is 2.60. The maximum Gasteiger partial charge on any atom is 0.328 e. The summed E-state index contributed by atoms with van der Waals surface area (Å²) in [6.07, 6.45) is 4.49. The molecule has 1 aromatic heterocycles. The average Bonchev–Trinajstić information content (AvgIpc) is 2.59. The highest BCUT2D eigenvalue weighted by molar-refractivity contribution is 9.10. The van der Waals surface area contributed by atoms with Gasteiger partial charge in [0.2, 0.25) is 0 Å². The third-order valence-electron chi connectivity index (χ3n) is 2.09. The SMILES string of the molecule is O=C(O)/C=C/c1c[nH]c2cccc(Br)c12. The molecule has 15 heavy (non-hydrogen) atoms. The van der Waals surface area contributed by atoms with Gasteiger partial charge < -0.3 is 10.1 Å². The third-order valence-corrected chi connectivity index (χ3v) is 2.75. The minimum atomic E-state index is -0.948. The Bertz CT molecular complexity index is 543. The highest BCUT2D eigenvalue weighted by Crippen LogP contribution is 2.27. The number of halogens is 1. The van der Waals surface area contributed by atoms with Gasteiger partial charge in [-0.1, -0.05) is 22.0 Å². The number of aliphatic carboxylic acids is 1. The molecule has 0 saturated carbocycles. The molecule has 4 heteroatoms. The van der Waals surface area contributed by atoms with E-state index in [9.17, 15) is 4.79 Å². The fraction of sp³-hybridized carbons (Fsp3) is 0. The predicted molar refractivity (Wildman–Crippen MR) is 62.7 cm³/mol. The fourth-order valence-electron chi connectivity index (χ4n) is 1.46. The van der Waals surface area contributed by atoms with Crippen LogP contribution in [0.4, 0.5) is 0 Å². The normalized spacial score (nSPS) is 11.3. The second-order valence-electron chi connectivity index (χ2n) is 3.08. The molecule has 0 spiro atoms. The Hall–Kier alpha value is -1.55. The Morgan fingerprint density at radius 2 is 2.27 bits per heavy atom. The van der Waals surface area contributed by atoms with Crippen LogP contribution in [-0.2, 0) is 4.79 Å². The molecule has 3 nitrogen and oxygen atoms in total. The van der Waals surface area contributed by atoms with Gasteiger partial charge in [-0.25, -0.2) is 4.79 Å². The van der Waals surface area contributed by atoms with Crippen LogP contribution in [0, 0.1) is 0 Å². The molecule has 0 aliphatic heterocycles. The number of carboxylic acids is 1. The first-order valence-electron chi connectivity index (χ1n) is 4.35. The van der Waals surface area contributed by atoms with Crippen molar-refractivity contribution >= 4 is 38.9 Å². The molecule has 2 N–H and O–H groups in total. The van der Waals surface area contributed by atoms with Crippen molar-refractivity contribution in [2.75, 3.05) is 0 Å². The van der Waals surface area contributed by atoms with Crippen LogP contribution in [0.15, 0.2) is 34.9 Å². The van der Waals surface area contributed by atoms with Gasteiger partial charge in [0.1, 0.15) is 0 Å². The lowest BCUT2D eigenvalue weighted by Gasteiger charge is -1.94. The molecule has 1 aromatic carbocycles. The van der Waals surface area contributed by atoms with Crippen LogP contribution < -0.4 is 0 Å². The van der Waals surface area contributed by atoms with E-state index in [1.165, 1.54) is 0 Å². The monoisotopic (exact) mass is 265 g/mol. The van der Waals surface area contributed by atoms with Crippen LogP contribution in [0.3, 0.4) is 0 Å². The van der Waals surface area contributed by atoms with Crippen molar-refractivity contribution in [3.8, 4) is 0 Å². The first kappa shape index (κ1) is 9.98. The number of carbonyl (C=O) groups is 1. The molecular weight excluding hydrogens is 258 g/mol. The lowest BCUT2D eigenvalue weighted by molar-refractivity contribution is -0.131. The summed E-state index contributed by atoms with van der Waals surface area (Å²) < 4.78 is 0.950. The summed E-state index contributed by atoms with van der Waals surface area (Å²) in [7, 11) is 0. The summed E-state index contributed by atoms with van der Waals surface area (Å²) in [4.78, 5) is 13.5. The molecule has 0 radical (unpaired) electrons. The highest BCUT2D eigenvalue weighted by atomic mass is 79.9. The minimum Gasteiger partial charge on any atom is -0.478 e. The van der Waals surface area contributed by atoms with Gasteiger partial charge >= 0.3 is 5.97 Å². The summed E-state index contributed by atoms with van der Waals surface area (Å²) in [5.41, 5.74) is 1.84. The molecule has 0 amide bonds. The Balaban J connectivity index is 2.57. The minimum absolute atomic E-state index is 0.861. The number of fused-ring (bicyclic) bond motifs is 1. The number of hydrogen-bond donors (Lipinski definition) is 2. The van der Waals surface area contributed by atoms with Gasteiger partial charge in [0.25, 0.3) is 0 Å². The lowest BCUT2D eigenvalue weighted by Crippen LogP contribution is -1.85. The van der Waals surface area contributed by atoms with Crippen molar-refractivity contribution in [3.63, 3.8) is 0 Å². The number of aromatic nitrogens is 1. The van der Waals surface area contributed by atoms with Gasteiger partial charge in [-0.2, -0.15) is 0 Å². The van der Waals surface area contributed by atoms with Gasteiger partial charge in [-0.05, 0) is 18.2 Å². The van der Waals surface area contributed by atoms with Gasteiger partial charge in [-0.15, -0.1) is 0 Å². The van der Waals surface area contributed by atoms with Crippen molar-refractivity contribution in [3.05, 3.63) is 40.5 Å². The van der Waals surface area contributed by atoms with Crippen molar-refractivity contribution < 1.29 is 9.90 Å². The second kappa shape index (κ2) is 3.90. The number of rotatable bonds is 2. The largest absolute Gasteiger partial charge is 0.478 e. The number of nitrogens with one attached hydrogen (secondary N) is 1. The maximum atomic E-state index is 10.4. The Morgan fingerprint density at radius 3 is 3.00 bits per heavy atom. The van der Waals surface area contributed by atoms with Crippen LogP contribution in [0.1, 0.15) is 5.56 Å². The van der Waals surface area contributed by atoms with E-state index in [1.54, 1.807) is 12.3 Å². The number of carboxylic acid groups (broad SMARTS) is 1. The zero-order valence-corrected chi connectivity index (χ0v) is 9.28. The Morgan fingerprint density at radius 1 is 1.47 bits per heavy atom. The quantitative estimate of drug-likeness (QED) is 0.821. The average molecular weight is 266 g/mol. The van der Waals surface area contributed by atoms with Crippen molar-refractivity contribution in [1.82, 2.24) is 4.98 Å². The van der Waals surface area contributed by atoms with Gasteiger partial charge in [0.05, 0.1) is 0 Å². The molecule has 2 aromatic rings. The molecule has 2 rings (SSSR count). The molecule has 0 atom stereocenters. The van der Waals surface area contributed by atoms with Crippen LogP contribution >= 0.6 is 15.9 Å². The van der Waals surface area contributed by atoms with E-state index in [1.807, 2.05) is 18.2 Å². The number of benzene rings is 1. The summed E-state index contributed by atoms with van der Waals surface area (Å²) in [6.45, 7) is 0. The lowest BCUT2D eigenvalue weighted by atomic mass is 10.1. The van der Waals surface area contributed by atoms with Crippen LogP contribution in [-0.4, -0.2) is 16.1 Å². The smallest absolute Gasteiger partial charge is 0.328 e. The molecule has 76 valence electrons. The zero-order chi connectivity index (χ0) is 10.8. The fourth-order valence-corrected chi connectivity index (χ4v) is 2.05. The summed E-state index contributed by atoms with van der Waals surface area (Å²) >= 11 is 3.43. The highest BCUT2D eigenvalue weighted by Gasteiger charge is 2.04. The molecule has 0 aliphatic carbocycles. The van der Waals surface area contributed by atoms with E-state index in [0.29, 0.717) is 0 Å². The topological polar surface area (TPSA) is 53.1 Å². The number of H-pyrrole nitrogens is 1. The van der Waals surface area contributed by atoms with E-state index in [2.05, 4.69) is 20.9 Å². The van der Waals surface area contributed by atoms with Crippen molar-refractivity contribution in [2.45, 2.75) is 0 Å². The van der Waals surface area contributed by atoms with Gasteiger partial charge in [0.15, 0.2) is 0 Å². The summed E-state index contributed by atoms with van der Waals surface area (Å²) in [6, 6.07) is 5.79. The van der Waals surface area contributed by atoms with Crippen LogP contribution in [0.5, 0.6) is 0 Å². The maximum absolute atomic E-state index is 10.4. The molecule has 0 fully saturated rings. The molecule has 0 bridgehead atoms. The number of hydrogen-bond acceptors (Lipinski definition) is 1. The molecule has 1 heterocycles. The van der Waals surface area contributed by atoms with E-state index < -0.39 is 5.97 Å². The standard InChI is InChI=1S/C11H8BrNO2/c12-8-2-1-3-9-11(8)7(6-13-9)4-5-10(14)15/h1-6,13H,(H,14,15)/b5-4+. The van der Waals surface area contributed by atoms with Crippen LogP contribution in [0.25, 0.3) is 17.0 Å². The number of aromatic amines is 1. The van der Waals surface area contributed by atoms with Gasteiger partial charge in [-0.3, -0.25) is 0 Å². The van der Waals surface area contributed by atoms with E-state index in [-0.39, 0.29) is 0 Å².